The first-order valence-corrected chi connectivity index (χ1v) is 9.77. The summed E-state index contributed by atoms with van der Waals surface area (Å²) < 4.78 is 0. The minimum Gasteiger partial charge on any atom is -0.507 e. The Bertz CT molecular complexity index is 1340. The van der Waals surface area contributed by atoms with Crippen molar-refractivity contribution in [1.82, 2.24) is 15.0 Å². The Hall–Kier alpha value is -4.26. The third-order valence-electron chi connectivity index (χ3n) is 5.34. The molecule has 1 aliphatic rings. The van der Waals surface area contributed by atoms with E-state index in [1.807, 2.05) is 31.2 Å². The van der Waals surface area contributed by atoms with Crippen molar-refractivity contribution in [3.63, 3.8) is 0 Å². The first-order valence-electron chi connectivity index (χ1n) is 9.77. The predicted molar refractivity (Wildman–Crippen MR) is 116 cm³/mol. The number of benzene rings is 2. The highest BCUT2D eigenvalue weighted by Crippen LogP contribution is 2.41. The maximum atomic E-state index is 13.1. The van der Waals surface area contributed by atoms with Crippen LogP contribution in [0.4, 0.5) is 5.95 Å². The summed E-state index contributed by atoms with van der Waals surface area (Å²) in [6.07, 6.45) is 3.19. The molecular weight excluding hydrogens is 392 g/mol. The fourth-order valence-corrected chi connectivity index (χ4v) is 3.88. The number of ketones is 1. The van der Waals surface area contributed by atoms with Crippen LogP contribution in [0.5, 0.6) is 0 Å². The highest BCUT2D eigenvalue weighted by Gasteiger charge is 2.48. The largest absolute Gasteiger partial charge is 0.507 e. The molecule has 1 saturated heterocycles. The van der Waals surface area contributed by atoms with E-state index in [2.05, 4.69) is 15.0 Å². The molecule has 152 valence electrons. The van der Waals surface area contributed by atoms with Gasteiger partial charge in [-0.2, -0.15) is 0 Å². The molecular formula is C24H18N4O3. The number of carbonyl (C=O) groups excluding carboxylic acids is 2. The molecule has 1 aliphatic heterocycles. The fourth-order valence-electron chi connectivity index (χ4n) is 3.88. The minimum absolute atomic E-state index is 0.000775. The molecule has 0 spiro atoms. The number of amides is 1. The SMILES string of the molecule is Cc1ccc2nc(N3C(=O)C(=O)/C(=C(/O)c4ccccc4)C3c3cccnc3)[nH]c2c1. The summed E-state index contributed by atoms with van der Waals surface area (Å²) in [5.74, 6) is -1.53. The maximum absolute atomic E-state index is 13.1. The molecule has 1 fully saturated rings. The van der Waals surface area contributed by atoms with Crippen molar-refractivity contribution in [3.8, 4) is 0 Å². The lowest BCUT2D eigenvalue weighted by atomic mass is 9.96. The van der Waals surface area contributed by atoms with E-state index in [9.17, 15) is 14.7 Å². The third kappa shape index (κ3) is 3.07. The molecule has 2 aromatic carbocycles. The lowest BCUT2D eigenvalue weighted by molar-refractivity contribution is -0.132. The van der Waals surface area contributed by atoms with Crippen molar-refractivity contribution >= 4 is 34.4 Å². The number of nitrogens with zero attached hydrogens (tertiary/aromatic N) is 3. The molecule has 0 bridgehead atoms. The average Bonchev–Trinajstić information content (AvgIpc) is 3.32. The Balaban J connectivity index is 1.73. The van der Waals surface area contributed by atoms with Gasteiger partial charge in [-0.15, -0.1) is 0 Å². The van der Waals surface area contributed by atoms with Crippen LogP contribution in [0.25, 0.3) is 16.8 Å². The number of H-pyrrole nitrogens is 1. The van der Waals surface area contributed by atoms with Gasteiger partial charge in [0.25, 0.3) is 5.78 Å². The van der Waals surface area contributed by atoms with Gasteiger partial charge in [0.05, 0.1) is 22.6 Å². The summed E-state index contributed by atoms with van der Waals surface area (Å²) in [5.41, 5.74) is 3.52. The molecule has 2 N–H and O–H groups in total. The molecule has 0 aliphatic carbocycles. The Morgan fingerprint density at radius 2 is 1.87 bits per heavy atom. The quantitative estimate of drug-likeness (QED) is 0.303. The Kier molecular flexibility index (Phi) is 4.36. The second-order valence-corrected chi connectivity index (χ2v) is 7.40. The maximum Gasteiger partial charge on any atom is 0.302 e. The van der Waals surface area contributed by atoms with Crippen LogP contribution in [-0.2, 0) is 9.59 Å². The van der Waals surface area contributed by atoms with Crippen LogP contribution >= 0.6 is 0 Å². The number of imidazole rings is 1. The number of rotatable bonds is 3. The lowest BCUT2D eigenvalue weighted by Gasteiger charge is -2.22. The number of aliphatic hydroxyl groups is 1. The number of aryl methyl sites for hydroxylation is 1. The molecule has 7 heteroatoms. The Morgan fingerprint density at radius 3 is 2.61 bits per heavy atom. The molecule has 4 aromatic rings. The van der Waals surface area contributed by atoms with Gasteiger partial charge >= 0.3 is 5.91 Å². The van der Waals surface area contributed by atoms with Crippen molar-refractivity contribution in [2.24, 2.45) is 0 Å². The molecule has 0 radical (unpaired) electrons. The van der Waals surface area contributed by atoms with Gasteiger partial charge in [0, 0.05) is 18.0 Å². The molecule has 1 atom stereocenters. The van der Waals surface area contributed by atoms with Gasteiger partial charge < -0.3 is 10.1 Å². The first-order chi connectivity index (χ1) is 15.0. The van der Waals surface area contributed by atoms with E-state index in [-0.39, 0.29) is 17.3 Å². The highest BCUT2D eigenvalue weighted by molar-refractivity contribution is 6.51. The van der Waals surface area contributed by atoms with Gasteiger partial charge in [-0.1, -0.05) is 42.5 Å². The number of nitrogens with one attached hydrogen (secondary N) is 1. The van der Waals surface area contributed by atoms with Gasteiger partial charge in [-0.3, -0.25) is 19.5 Å². The van der Waals surface area contributed by atoms with Crippen molar-refractivity contribution in [3.05, 3.63) is 95.3 Å². The standard InChI is InChI=1S/C24H18N4O3/c1-14-9-10-17-18(12-14)27-24(26-17)28-20(16-8-5-11-25-13-16)19(22(30)23(28)31)21(29)15-6-3-2-4-7-15/h2-13,20,29H,1H3,(H,26,27)/b21-19+. The number of hydrogen-bond acceptors (Lipinski definition) is 5. The number of pyridine rings is 1. The van der Waals surface area contributed by atoms with Crippen molar-refractivity contribution in [2.75, 3.05) is 4.90 Å². The van der Waals surface area contributed by atoms with E-state index in [1.54, 1.807) is 48.8 Å². The van der Waals surface area contributed by atoms with E-state index < -0.39 is 17.7 Å². The highest BCUT2D eigenvalue weighted by atomic mass is 16.3. The van der Waals surface area contributed by atoms with E-state index in [4.69, 9.17) is 0 Å². The van der Waals surface area contributed by atoms with Gasteiger partial charge in [-0.25, -0.2) is 4.98 Å². The van der Waals surface area contributed by atoms with Crippen molar-refractivity contribution in [2.45, 2.75) is 13.0 Å². The van der Waals surface area contributed by atoms with Crippen LogP contribution in [-0.4, -0.2) is 31.7 Å². The van der Waals surface area contributed by atoms with Crippen LogP contribution in [0.15, 0.2) is 78.6 Å². The topological polar surface area (TPSA) is 99.2 Å². The number of aromatic nitrogens is 3. The third-order valence-corrected chi connectivity index (χ3v) is 5.34. The number of aromatic amines is 1. The van der Waals surface area contributed by atoms with Crippen LogP contribution in [0.3, 0.4) is 0 Å². The predicted octanol–water partition coefficient (Wildman–Crippen LogP) is 3.89. The van der Waals surface area contributed by atoms with Crippen molar-refractivity contribution in [1.29, 1.82) is 0 Å². The lowest BCUT2D eigenvalue weighted by Crippen LogP contribution is -2.30. The molecule has 3 heterocycles. The smallest absolute Gasteiger partial charge is 0.302 e. The minimum atomic E-state index is -0.865. The molecule has 2 aromatic heterocycles. The van der Waals surface area contributed by atoms with Crippen LogP contribution in [0.2, 0.25) is 0 Å². The summed E-state index contributed by atoms with van der Waals surface area (Å²) >= 11 is 0. The van der Waals surface area contributed by atoms with Gasteiger partial charge in [0.2, 0.25) is 5.95 Å². The van der Waals surface area contributed by atoms with Crippen LogP contribution < -0.4 is 4.90 Å². The monoisotopic (exact) mass is 410 g/mol. The average molecular weight is 410 g/mol. The number of aliphatic hydroxyl groups excluding tert-OH is 1. The van der Waals surface area contributed by atoms with Crippen LogP contribution in [0, 0.1) is 6.92 Å². The van der Waals surface area contributed by atoms with Crippen molar-refractivity contribution < 1.29 is 14.7 Å². The number of hydrogen-bond donors (Lipinski definition) is 2. The molecule has 0 saturated carbocycles. The van der Waals surface area contributed by atoms with Crippen LogP contribution in [0.1, 0.15) is 22.7 Å². The molecule has 7 nitrogen and oxygen atoms in total. The summed E-state index contributed by atoms with van der Waals surface area (Å²) in [7, 11) is 0. The van der Waals surface area contributed by atoms with Gasteiger partial charge in [0.1, 0.15) is 5.76 Å². The summed E-state index contributed by atoms with van der Waals surface area (Å²) in [6.45, 7) is 1.96. The zero-order chi connectivity index (χ0) is 21.5. The van der Waals surface area contributed by atoms with E-state index in [0.717, 1.165) is 11.1 Å². The Labute approximate surface area is 177 Å². The number of carbonyl (C=O) groups is 2. The van der Waals surface area contributed by atoms with Gasteiger partial charge in [0.15, 0.2) is 0 Å². The van der Waals surface area contributed by atoms with Gasteiger partial charge in [-0.05, 0) is 36.2 Å². The summed E-state index contributed by atoms with van der Waals surface area (Å²) in [5, 5.41) is 11.0. The van der Waals surface area contributed by atoms with E-state index >= 15 is 0 Å². The second kappa shape index (κ2) is 7.21. The molecule has 31 heavy (non-hydrogen) atoms. The summed E-state index contributed by atoms with van der Waals surface area (Å²) in [4.78, 5) is 39.3. The molecule has 5 rings (SSSR count). The zero-order valence-corrected chi connectivity index (χ0v) is 16.6. The fraction of sp³-hybridized carbons (Fsp3) is 0.0833. The zero-order valence-electron chi connectivity index (χ0n) is 16.6. The second-order valence-electron chi connectivity index (χ2n) is 7.40. The number of anilines is 1. The summed E-state index contributed by atoms with van der Waals surface area (Å²) in [6, 6.07) is 17.0. The normalized spacial score (nSPS) is 18.1. The van der Waals surface area contributed by atoms with E-state index in [0.29, 0.717) is 16.6 Å². The molecule has 1 unspecified atom stereocenters. The first kappa shape index (κ1) is 18.7. The number of fused-ring (bicyclic) bond motifs is 1. The molecule has 1 amide bonds. The van der Waals surface area contributed by atoms with E-state index in [1.165, 1.54) is 4.90 Å². The number of Topliss-reactive ketones (excluding diaryl/α,β-unsaturated/α-hetero) is 1. The Morgan fingerprint density at radius 1 is 1.06 bits per heavy atom.